The van der Waals surface area contributed by atoms with Crippen LogP contribution in [-0.2, 0) is 0 Å². The van der Waals surface area contributed by atoms with Gasteiger partial charge in [0, 0.05) is 18.2 Å². The highest BCUT2D eigenvalue weighted by Crippen LogP contribution is 2.33. The molecule has 0 radical (unpaired) electrons. The van der Waals surface area contributed by atoms with E-state index in [-0.39, 0.29) is 29.7 Å². The van der Waals surface area contributed by atoms with Crippen LogP contribution in [0.25, 0.3) is 0 Å². The van der Waals surface area contributed by atoms with Crippen molar-refractivity contribution in [3.05, 3.63) is 28.3 Å². The van der Waals surface area contributed by atoms with E-state index in [1.54, 1.807) is 12.1 Å². The van der Waals surface area contributed by atoms with Gasteiger partial charge in [-0.3, -0.25) is 10.1 Å². The summed E-state index contributed by atoms with van der Waals surface area (Å²) in [5.41, 5.74) is 5.90. The van der Waals surface area contributed by atoms with Crippen LogP contribution in [0.3, 0.4) is 0 Å². The minimum Gasteiger partial charge on any atom is -0.490 e. The van der Waals surface area contributed by atoms with Gasteiger partial charge in [0.15, 0.2) is 0 Å². The van der Waals surface area contributed by atoms with Crippen LogP contribution in [0.5, 0.6) is 11.5 Å². The predicted octanol–water partition coefficient (Wildman–Crippen LogP) is 3.03. The molecule has 1 fully saturated rings. The van der Waals surface area contributed by atoms with Crippen molar-refractivity contribution in [2.75, 3.05) is 0 Å². The van der Waals surface area contributed by atoms with E-state index >= 15 is 0 Å². The number of rotatable bonds is 5. The van der Waals surface area contributed by atoms with Gasteiger partial charge in [-0.05, 0) is 45.6 Å². The molecule has 0 bridgehead atoms. The Labute approximate surface area is 124 Å². The molecule has 6 heteroatoms. The molecule has 0 saturated heterocycles. The number of hydrogen-bond acceptors (Lipinski definition) is 5. The first-order valence-electron chi connectivity index (χ1n) is 7.33. The van der Waals surface area contributed by atoms with Crippen LogP contribution in [0.4, 0.5) is 5.69 Å². The van der Waals surface area contributed by atoms with Crippen molar-refractivity contribution in [2.24, 2.45) is 5.73 Å². The number of nitrogens with two attached hydrogens (primary N) is 1. The standard InChI is InChI=1S/C15H22N2O4/c1-10(2)20-15-9-13(6-7-14(15)17(18)19)21-12-5-3-4-11(16)8-12/h6-7,9-12H,3-5,8,16H2,1-2H3. The first kappa shape index (κ1) is 15.6. The van der Waals surface area contributed by atoms with Crippen LogP contribution in [0.1, 0.15) is 39.5 Å². The maximum Gasteiger partial charge on any atom is 0.311 e. The Morgan fingerprint density at radius 3 is 2.76 bits per heavy atom. The van der Waals surface area contributed by atoms with E-state index < -0.39 is 4.92 Å². The van der Waals surface area contributed by atoms with Crippen LogP contribution < -0.4 is 15.2 Å². The molecule has 2 atom stereocenters. The van der Waals surface area contributed by atoms with Gasteiger partial charge in [-0.2, -0.15) is 0 Å². The number of nitro benzene ring substituents is 1. The second kappa shape index (κ2) is 6.76. The molecule has 2 unspecified atom stereocenters. The van der Waals surface area contributed by atoms with Gasteiger partial charge in [0.1, 0.15) is 11.9 Å². The zero-order chi connectivity index (χ0) is 15.4. The quantitative estimate of drug-likeness (QED) is 0.666. The molecule has 1 aliphatic rings. The van der Waals surface area contributed by atoms with Crippen molar-refractivity contribution in [3.63, 3.8) is 0 Å². The lowest BCUT2D eigenvalue weighted by Gasteiger charge is -2.27. The number of nitrogens with zero attached hydrogens (tertiary/aromatic N) is 1. The van der Waals surface area contributed by atoms with E-state index in [1.165, 1.54) is 6.07 Å². The number of hydrogen-bond donors (Lipinski definition) is 1. The zero-order valence-electron chi connectivity index (χ0n) is 12.5. The summed E-state index contributed by atoms with van der Waals surface area (Å²) in [6.07, 6.45) is 3.79. The highest BCUT2D eigenvalue weighted by molar-refractivity contribution is 5.50. The van der Waals surface area contributed by atoms with Crippen LogP contribution in [0.15, 0.2) is 18.2 Å². The van der Waals surface area contributed by atoms with Crippen molar-refractivity contribution < 1.29 is 14.4 Å². The number of benzene rings is 1. The van der Waals surface area contributed by atoms with E-state index in [0.717, 1.165) is 25.7 Å². The average molecular weight is 294 g/mol. The molecule has 0 aromatic heterocycles. The zero-order valence-corrected chi connectivity index (χ0v) is 12.5. The lowest BCUT2D eigenvalue weighted by molar-refractivity contribution is -0.386. The third kappa shape index (κ3) is 4.32. The van der Waals surface area contributed by atoms with Crippen molar-refractivity contribution in [3.8, 4) is 11.5 Å². The molecule has 21 heavy (non-hydrogen) atoms. The topological polar surface area (TPSA) is 87.6 Å². The van der Waals surface area contributed by atoms with Gasteiger partial charge >= 0.3 is 5.69 Å². The first-order valence-corrected chi connectivity index (χ1v) is 7.33. The summed E-state index contributed by atoms with van der Waals surface area (Å²) >= 11 is 0. The van der Waals surface area contributed by atoms with Crippen LogP contribution >= 0.6 is 0 Å². The molecule has 116 valence electrons. The maximum atomic E-state index is 11.0. The van der Waals surface area contributed by atoms with Crippen LogP contribution in [-0.4, -0.2) is 23.2 Å². The molecule has 0 amide bonds. The van der Waals surface area contributed by atoms with E-state index in [1.807, 2.05) is 13.8 Å². The minimum absolute atomic E-state index is 0.0450. The smallest absolute Gasteiger partial charge is 0.311 e. The monoisotopic (exact) mass is 294 g/mol. The molecule has 1 aromatic rings. The summed E-state index contributed by atoms with van der Waals surface area (Å²) in [7, 11) is 0. The van der Waals surface area contributed by atoms with Gasteiger partial charge in [-0.25, -0.2) is 0 Å². The van der Waals surface area contributed by atoms with Gasteiger partial charge < -0.3 is 15.2 Å². The third-order valence-electron chi connectivity index (χ3n) is 3.46. The second-order valence-electron chi connectivity index (χ2n) is 5.72. The van der Waals surface area contributed by atoms with Gasteiger partial charge in [0.2, 0.25) is 5.75 Å². The molecule has 2 rings (SSSR count). The fourth-order valence-corrected chi connectivity index (χ4v) is 2.55. The van der Waals surface area contributed by atoms with E-state index in [4.69, 9.17) is 15.2 Å². The summed E-state index contributed by atoms with van der Waals surface area (Å²) in [5.74, 6) is 0.836. The fraction of sp³-hybridized carbons (Fsp3) is 0.600. The number of nitro groups is 1. The molecule has 2 N–H and O–H groups in total. The normalized spacial score (nSPS) is 22.1. The van der Waals surface area contributed by atoms with Crippen LogP contribution in [0.2, 0.25) is 0 Å². The largest absolute Gasteiger partial charge is 0.490 e. The molecule has 0 spiro atoms. The Balaban J connectivity index is 2.14. The lowest BCUT2D eigenvalue weighted by atomic mass is 9.93. The second-order valence-corrected chi connectivity index (χ2v) is 5.72. The van der Waals surface area contributed by atoms with E-state index in [0.29, 0.717) is 5.75 Å². The molecule has 0 aliphatic heterocycles. The summed E-state index contributed by atoms with van der Waals surface area (Å²) in [4.78, 5) is 10.6. The Hall–Kier alpha value is -1.82. The third-order valence-corrected chi connectivity index (χ3v) is 3.46. The van der Waals surface area contributed by atoms with E-state index in [2.05, 4.69) is 0 Å². The molecular weight excluding hydrogens is 272 g/mol. The SMILES string of the molecule is CC(C)Oc1cc(OC2CCCC(N)C2)ccc1[N+](=O)[O-]. The lowest BCUT2D eigenvalue weighted by Crippen LogP contribution is -2.33. The summed E-state index contributed by atoms with van der Waals surface area (Å²) in [6.45, 7) is 3.66. The van der Waals surface area contributed by atoms with Crippen molar-refractivity contribution in [1.82, 2.24) is 0 Å². The van der Waals surface area contributed by atoms with Crippen molar-refractivity contribution in [1.29, 1.82) is 0 Å². The average Bonchev–Trinajstić information content (AvgIpc) is 2.37. The fourth-order valence-electron chi connectivity index (χ4n) is 2.55. The maximum absolute atomic E-state index is 11.0. The number of ether oxygens (including phenoxy) is 2. The molecule has 1 aromatic carbocycles. The van der Waals surface area contributed by atoms with Crippen LogP contribution in [0, 0.1) is 10.1 Å². The molecular formula is C15H22N2O4. The highest BCUT2D eigenvalue weighted by atomic mass is 16.6. The van der Waals surface area contributed by atoms with Gasteiger partial charge in [0.05, 0.1) is 11.0 Å². The van der Waals surface area contributed by atoms with Gasteiger partial charge in [0.25, 0.3) is 0 Å². The Kier molecular flexibility index (Phi) is 5.01. The molecule has 6 nitrogen and oxygen atoms in total. The van der Waals surface area contributed by atoms with Gasteiger partial charge in [-0.1, -0.05) is 0 Å². The summed E-state index contributed by atoms with van der Waals surface area (Å²) in [6, 6.07) is 4.81. The Bertz CT molecular complexity index is 504. The van der Waals surface area contributed by atoms with E-state index in [9.17, 15) is 10.1 Å². The summed E-state index contributed by atoms with van der Waals surface area (Å²) in [5, 5.41) is 11.0. The highest BCUT2D eigenvalue weighted by Gasteiger charge is 2.22. The van der Waals surface area contributed by atoms with Crippen molar-refractivity contribution >= 4 is 5.69 Å². The van der Waals surface area contributed by atoms with Gasteiger partial charge in [-0.15, -0.1) is 0 Å². The molecule has 0 heterocycles. The summed E-state index contributed by atoms with van der Waals surface area (Å²) < 4.78 is 11.4. The predicted molar refractivity (Wildman–Crippen MR) is 79.7 cm³/mol. The molecule has 1 saturated carbocycles. The Morgan fingerprint density at radius 2 is 2.14 bits per heavy atom. The molecule has 1 aliphatic carbocycles. The van der Waals surface area contributed by atoms with Crippen molar-refractivity contribution in [2.45, 2.75) is 57.8 Å². The minimum atomic E-state index is -0.446. The first-order chi connectivity index (χ1) is 9.95. The Morgan fingerprint density at radius 1 is 1.38 bits per heavy atom.